The summed E-state index contributed by atoms with van der Waals surface area (Å²) in [5.41, 5.74) is 0.779. The van der Waals surface area contributed by atoms with Gasteiger partial charge < -0.3 is 14.7 Å². The van der Waals surface area contributed by atoms with Crippen LogP contribution in [0.2, 0.25) is 0 Å². The Bertz CT molecular complexity index is 409. The smallest absolute Gasteiger partial charge is 0.308 e. The van der Waals surface area contributed by atoms with Gasteiger partial charge in [0.2, 0.25) is 11.8 Å². The van der Waals surface area contributed by atoms with Crippen molar-refractivity contribution in [3.05, 3.63) is 11.8 Å². The first-order chi connectivity index (χ1) is 7.93. The first kappa shape index (κ1) is 13.2. The number of ether oxygens (including phenoxy) is 1. The zero-order chi connectivity index (χ0) is 13.0. The molecular formula is C11H17N3O3. The van der Waals surface area contributed by atoms with Crippen LogP contribution in [0.15, 0.2) is 6.07 Å². The lowest BCUT2D eigenvalue weighted by atomic mass is 10.2. The molecule has 1 aromatic rings. The predicted molar refractivity (Wildman–Crippen MR) is 63.4 cm³/mol. The molecule has 0 saturated heterocycles. The lowest BCUT2D eigenvalue weighted by Crippen LogP contribution is -2.29. The number of aryl methyl sites for hydroxylation is 1. The topological polar surface area (TPSA) is 75.5 Å². The molecule has 0 spiro atoms. The number of methoxy groups -OCH3 is 1. The normalized spacial score (nSPS) is 12.0. The fourth-order valence-electron chi connectivity index (χ4n) is 1.37. The van der Waals surface area contributed by atoms with E-state index in [4.69, 9.17) is 9.84 Å². The molecule has 94 valence electrons. The summed E-state index contributed by atoms with van der Waals surface area (Å²) in [4.78, 5) is 20.9. The lowest BCUT2D eigenvalue weighted by Gasteiger charge is -2.19. The Morgan fingerprint density at radius 2 is 2.24 bits per heavy atom. The minimum Gasteiger partial charge on any atom is -0.481 e. The summed E-state index contributed by atoms with van der Waals surface area (Å²) in [5.74, 6) is -0.371. The largest absolute Gasteiger partial charge is 0.481 e. The van der Waals surface area contributed by atoms with E-state index in [1.165, 1.54) is 7.11 Å². The fraction of sp³-hybridized carbons (Fsp3) is 0.545. The van der Waals surface area contributed by atoms with Crippen LogP contribution >= 0.6 is 0 Å². The van der Waals surface area contributed by atoms with Crippen LogP contribution in [0.25, 0.3) is 0 Å². The highest BCUT2D eigenvalue weighted by Crippen LogP contribution is 2.15. The molecule has 0 aliphatic carbocycles. The van der Waals surface area contributed by atoms with E-state index in [2.05, 4.69) is 9.97 Å². The molecule has 0 aliphatic rings. The lowest BCUT2D eigenvalue weighted by molar-refractivity contribution is -0.140. The number of hydrogen-bond acceptors (Lipinski definition) is 5. The van der Waals surface area contributed by atoms with Crippen LogP contribution < -0.4 is 9.64 Å². The third kappa shape index (κ3) is 3.58. The molecule has 6 nitrogen and oxygen atoms in total. The summed E-state index contributed by atoms with van der Waals surface area (Å²) in [7, 11) is 3.29. The number of carboxylic acids is 1. The van der Waals surface area contributed by atoms with Crippen LogP contribution in [0, 0.1) is 12.8 Å². The standard InChI is InChI=1S/C11H17N3O3/c1-7(10(15)16)6-14(3)11-12-8(2)5-9(13-11)17-4/h5,7H,6H2,1-4H3,(H,15,16). The fourth-order valence-corrected chi connectivity index (χ4v) is 1.37. The number of carboxylic acid groups (broad SMARTS) is 1. The molecule has 6 heteroatoms. The van der Waals surface area contributed by atoms with Crippen molar-refractivity contribution in [2.24, 2.45) is 5.92 Å². The Balaban J connectivity index is 2.84. The third-order valence-electron chi connectivity index (χ3n) is 2.34. The SMILES string of the molecule is COc1cc(C)nc(N(C)CC(C)C(=O)O)n1. The number of nitrogens with zero attached hydrogens (tertiary/aromatic N) is 3. The Morgan fingerprint density at radius 1 is 1.59 bits per heavy atom. The molecule has 0 aliphatic heterocycles. The number of aromatic nitrogens is 2. The van der Waals surface area contributed by atoms with E-state index in [9.17, 15) is 4.79 Å². The second kappa shape index (κ2) is 5.47. The second-order valence-electron chi connectivity index (χ2n) is 3.97. The van der Waals surface area contributed by atoms with E-state index in [1.807, 2.05) is 6.92 Å². The Kier molecular flexibility index (Phi) is 4.25. The first-order valence-corrected chi connectivity index (χ1v) is 5.27. The van der Waals surface area contributed by atoms with Crippen LogP contribution in [0.5, 0.6) is 5.88 Å². The van der Waals surface area contributed by atoms with Crippen molar-refractivity contribution in [2.75, 3.05) is 25.6 Å². The maximum atomic E-state index is 10.8. The zero-order valence-electron chi connectivity index (χ0n) is 10.5. The quantitative estimate of drug-likeness (QED) is 0.824. The molecular weight excluding hydrogens is 222 g/mol. The monoisotopic (exact) mass is 239 g/mol. The predicted octanol–water partition coefficient (Wildman–Crippen LogP) is 0.951. The summed E-state index contributed by atoms with van der Waals surface area (Å²) in [6, 6.07) is 1.72. The highest BCUT2D eigenvalue weighted by molar-refractivity contribution is 5.70. The van der Waals surface area contributed by atoms with Gasteiger partial charge in [-0.25, -0.2) is 4.98 Å². The summed E-state index contributed by atoms with van der Waals surface area (Å²) < 4.78 is 5.04. The van der Waals surface area contributed by atoms with Gasteiger partial charge >= 0.3 is 5.97 Å². The van der Waals surface area contributed by atoms with Gasteiger partial charge in [-0.2, -0.15) is 4.98 Å². The summed E-state index contributed by atoms with van der Waals surface area (Å²) >= 11 is 0. The number of carbonyl (C=O) groups is 1. The van der Waals surface area contributed by atoms with Gasteiger partial charge in [-0.3, -0.25) is 4.79 Å². The molecule has 0 aromatic carbocycles. The average molecular weight is 239 g/mol. The Morgan fingerprint density at radius 3 is 2.76 bits per heavy atom. The van der Waals surface area contributed by atoms with Crippen LogP contribution in [0.4, 0.5) is 5.95 Å². The zero-order valence-corrected chi connectivity index (χ0v) is 10.5. The van der Waals surface area contributed by atoms with Gasteiger partial charge in [0.05, 0.1) is 13.0 Å². The number of anilines is 1. The Labute approximate surface area is 100 Å². The van der Waals surface area contributed by atoms with E-state index in [0.717, 1.165) is 5.69 Å². The first-order valence-electron chi connectivity index (χ1n) is 5.27. The van der Waals surface area contributed by atoms with E-state index >= 15 is 0 Å². The van der Waals surface area contributed by atoms with Gasteiger partial charge in [0, 0.05) is 25.4 Å². The number of hydrogen-bond donors (Lipinski definition) is 1. The molecule has 0 saturated carbocycles. The van der Waals surface area contributed by atoms with Crippen molar-refractivity contribution >= 4 is 11.9 Å². The van der Waals surface area contributed by atoms with Gasteiger partial charge in [0.15, 0.2) is 0 Å². The highest BCUT2D eigenvalue weighted by atomic mass is 16.5. The van der Waals surface area contributed by atoms with Gasteiger partial charge in [0.25, 0.3) is 0 Å². The number of aliphatic carboxylic acids is 1. The van der Waals surface area contributed by atoms with Gasteiger partial charge in [-0.05, 0) is 6.92 Å². The molecule has 0 fully saturated rings. The van der Waals surface area contributed by atoms with Crippen molar-refractivity contribution in [3.63, 3.8) is 0 Å². The van der Waals surface area contributed by atoms with E-state index in [1.54, 1.807) is 24.9 Å². The maximum absolute atomic E-state index is 10.8. The minimum absolute atomic E-state index is 0.349. The molecule has 1 atom stereocenters. The molecule has 0 amide bonds. The molecule has 1 aromatic heterocycles. The minimum atomic E-state index is -0.837. The van der Waals surface area contributed by atoms with Crippen LogP contribution in [-0.4, -0.2) is 41.7 Å². The second-order valence-corrected chi connectivity index (χ2v) is 3.97. The van der Waals surface area contributed by atoms with Crippen LogP contribution in [0.3, 0.4) is 0 Å². The van der Waals surface area contributed by atoms with Crippen LogP contribution in [0.1, 0.15) is 12.6 Å². The average Bonchev–Trinajstić information content (AvgIpc) is 2.27. The van der Waals surface area contributed by atoms with Crippen molar-refractivity contribution in [3.8, 4) is 5.88 Å². The highest BCUT2D eigenvalue weighted by Gasteiger charge is 2.16. The molecule has 0 bridgehead atoms. The summed E-state index contributed by atoms with van der Waals surface area (Å²) in [6.07, 6.45) is 0. The molecule has 17 heavy (non-hydrogen) atoms. The van der Waals surface area contributed by atoms with Crippen LogP contribution in [-0.2, 0) is 4.79 Å². The maximum Gasteiger partial charge on any atom is 0.308 e. The Hall–Kier alpha value is -1.85. The van der Waals surface area contributed by atoms with Crippen molar-refractivity contribution in [2.45, 2.75) is 13.8 Å². The van der Waals surface area contributed by atoms with E-state index in [-0.39, 0.29) is 0 Å². The summed E-state index contributed by atoms with van der Waals surface area (Å²) in [6.45, 7) is 3.83. The van der Waals surface area contributed by atoms with E-state index in [0.29, 0.717) is 18.4 Å². The molecule has 1 unspecified atom stereocenters. The third-order valence-corrected chi connectivity index (χ3v) is 2.34. The summed E-state index contributed by atoms with van der Waals surface area (Å²) in [5, 5.41) is 8.84. The van der Waals surface area contributed by atoms with Gasteiger partial charge in [-0.15, -0.1) is 0 Å². The van der Waals surface area contributed by atoms with Gasteiger partial charge in [-0.1, -0.05) is 6.92 Å². The molecule has 1 N–H and O–H groups in total. The molecule has 1 rings (SSSR count). The van der Waals surface area contributed by atoms with Crippen molar-refractivity contribution in [1.82, 2.24) is 9.97 Å². The number of rotatable bonds is 5. The molecule has 1 heterocycles. The van der Waals surface area contributed by atoms with Gasteiger partial charge in [0.1, 0.15) is 0 Å². The van der Waals surface area contributed by atoms with Crippen molar-refractivity contribution in [1.29, 1.82) is 0 Å². The van der Waals surface area contributed by atoms with E-state index < -0.39 is 11.9 Å². The van der Waals surface area contributed by atoms with Crippen molar-refractivity contribution < 1.29 is 14.6 Å². The molecule has 0 radical (unpaired) electrons.